The van der Waals surface area contributed by atoms with Crippen LogP contribution in [0.1, 0.15) is 0 Å². The number of ether oxygens (including phenoxy) is 2. The fraction of sp³-hybridized carbons (Fsp3) is 0.240. The fourth-order valence-corrected chi connectivity index (χ4v) is 4.07. The average Bonchev–Trinajstić information content (AvgIpc) is 2.91. The number of rotatable bonds is 8. The second kappa shape index (κ2) is 10.7. The van der Waals surface area contributed by atoms with Gasteiger partial charge in [0, 0.05) is 49.9 Å². The monoisotopic (exact) mass is 492 g/mol. The number of anilines is 1. The number of para-hydroxylation sites is 2. The standard InChI is InChI=1S/C25H24N4O7/c1-35-20-9-6-18(7-10-20)21-16-19(28(31)32)8-11-24(21)36-17-25(30)27-14-12-26(13-15-27)22-4-2-3-5-23(22)29(33)34/h2-11,16H,12-15,17H2,1H3. The number of nitrogens with zero attached hydrogens (tertiary/aromatic N) is 4. The van der Waals surface area contributed by atoms with Gasteiger partial charge in [-0.3, -0.25) is 25.0 Å². The molecule has 0 aromatic heterocycles. The Labute approximate surface area is 206 Å². The molecule has 36 heavy (non-hydrogen) atoms. The molecule has 11 heteroatoms. The summed E-state index contributed by atoms with van der Waals surface area (Å²) in [6, 6.07) is 17.8. The largest absolute Gasteiger partial charge is 0.497 e. The van der Waals surface area contributed by atoms with Gasteiger partial charge in [0.1, 0.15) is 17.2 Å². The normalized spacial score (nSPS) is 13.2. The molecule has 1 aliphatic heterocycles. The maximum Gasteiger partial charge on any atom is 0.292 e. The highest BCUT2D eigenvalue weighted by Gasteiger charge is 2.26. The van der Waals surface area contributed by atoms with Gasteiger partial charge in [-0.15, -0.1) is 0 Å². The first-order valence-electron chi connectivity index (χ1n) is 11.2. The smallest absolute Gasteiger partial charge is 0.292 e. The van der Waals surface area contributed by atoms with E-state index >= 15 is 0 Å². The molecule has 0 atom stereocenters. The molecule has 0 bridgehead atoms. The molecule has 1 saturated heterocycles. The lowest BCUT2D eigenvalue weighted by Gasteiger charge is -2.35. The third-order valence-electron chi connectivity index (χ3n) is 5.98. The molecule has 0 N–H and O–H groups in total. The van der Waals surface area contributed by atoms with Crippen LogP contribution in [0.5, 0.6) is 11.5 Å². The molecule has 1 aliphatic rings. The summed E-state index contributed by atoms with van der Waals surface area (Å²) >= 11 is 0. The Kier molecular flexibility index (Phi) is 7.28. The van der Waals surface area contributed by atoms with E-state index in [1.165, 1.54) is 24.3 Å². The van der Waals surface area contributed by atoms with Crippen LogP contribution in [0.2, 0.25) is 0 Å². The Morgan fingerprint density at radius 2 is 1.61 bits per heavy atom. The van der Waals surface area contributed by atoms with Crippen LogP contribution in [0.3, 0.4) is 0 Å². The highest BCUT2D eigenvalue weighted by atomic mass is 16.6. The van der Waals surface area contributed by atoms with Crippen LogP contribution in [0.25, 0.3) is 11.1 Å². The Morgan fingerprint density at radius 1 is 0.917 bits per heavy atom. The van der Waals surface area contributed by atoms with Crippen LogP contribution >= 0.6 is 0 Å². The molecule has 3 aromatic carbocycles. The van der Waals surface area contributed by atoms with Crippen molar-refractivity contribution >= 4 is 23.0 Å². The summed E-state index contributed by atoms with van der Waals surface area (Å²) in [5, 5.41) is 22.6. The summed E-state index contributed by atoms with van der Waals surface area (Å²) in [4.78, 5) is 38.1. The number of methoxy groups -OCH3 is 1. The molecule has 1 amide bonds. The molecule has 0 saturated carbocycles. The molecule has 11 nitrogen and oxygen atoms in total. The van der Waals surface area contributed by atoms with Crippen molar-refractivity contribution in [1.29, 1.82) is 0 Å². The summed E-state index contributed by atoms with van der Waals surface area (Å²) < 4.78 is 11.0. The highest BCUT2D eigenvalue weighted by Crippen LogP contribution is 2.34. The third kappa shape index (κ3) is 5.35. The first-order chi connectivity index (χ1) is 17.4. The molecular weight excluding hydrogens is 468 g/mol. The lowest BCUT2D eigenvalue weighted by molar-refractivity contribution is -0.384. The predicted octanol–water partition coefficient (Wildman–Crippen LogP) is 3.91. The van der Waals surface area contributed by atoms with Crippen LogP contribution < -0.4 is 14.4 Å². The van der Waals surface area contributed by atoms with Crippen LogP contribution in [0.15, 0.2) is 66.7 Å². The zero-order valence-corrected chi connectivity index (χ0v) is 19.5. The van der Waals surface area contributed by atoms with E-state index in [0.717, 1.165) is 0 Å². The van der Waals surface area contributed by atoms with E-state index in [9.17, 15) is 25.0 Å². The summed E-state index contributed by atoms with van der Waals surface area (Å²) in [6.07, 6.45) is 0. The number of hydrogen-bond donors (Lipinski definition) is 0. The number of benzene rings is 3. The Balaban J connectivity index is 1.43. The molecule has 1 fully saturated rings. The van der Waals surface area contributed by atoms with Crippen LogP contribution in [-0.2, 0) is 4.79 Å². The first-order valence-corrected chi connectivity index (χ1v) is 11.2. The van der Waals surface area contributed by atoms with Crippen molar-refractivity contribution in [3.63, 3.8) is 0 Å². The highest BCUT2D eigenvalue weighted by molar-refractivity contribution is 5.79. The van der Waals surface area contributed by atoms with Crippen molar-refractivity contribution in [3.05, 3.63) is 87.0 Å². The number of carbonyl (C=O) groups excluding carboxylic acids is 1. The summed E-state index contributed by atoms with van der Waals surface area (Å²) in [7, 11) is 1.55. The Bertz CT molecular complexity index is 1270. The molecule has 186 valence electrons. The first kappa shape index (κ1) is 24.5. The van der Waals surface area contributed by atoms with E-state index in [1.54, 1.807) is 54.5 Å². The second-order valence-electron chi connectivity index (χ2n) is 8.07. The molecule has 0 unspecified atom stereocenters. The molecule has 0 spiro atoms. The molecule has 3 aromatic rings. The minimum absolute atomic E-state index is 0.0323. The number of hydrogen-bond acceptors (Lipinski definition) is 8. The van der Waals surface area contributed by atoms with Crippen molar-refractivity contribution in [2.75, 3.05) is 44.8 Å². The van der Waals surface area contributed by atoms with Crippen molar-refractivity contribution in [2.45, 2.75) is 0 Å². The van der Waals surface area contributed by atoms with Crippen molar-refractivity contribution in [3.8, 4) is 22.6 Å². The van der Waals surface area contributed by atoms with Gasteiger partial charge in [0.15, 0.2) is 6.61 Å². The average molecular weight is 492 g/mol. The Morgan fingerprint density at radius 3 is 2.25 bits per heavy atom. The van der Waals surface area contributed by atoms with E-state index in [0.29, 0.717) is 54.5 Å². The zero-order valence-electron chi connectivity index (χ0n) is 19.5. The molecule has 0 radical (unpaired) electrons. The van der Waals surface area contributed by atoms with Gasteiger partial charge in [-0.2, -0.15) is 0 Å². The summed E-state index contributed by atoms with van der Waals surface area (Å²) in [5.41, 5.74) is 1.64. The van der Waals surface area contributed by atoms with Crippen molar-refractivity contribution < 1.29 is 24.1 Å². The number of nitro groups is 2. The van der Waals surface area contributed by atoms with E-state index in [2.05, 4.69) is 0 Å². The van der Waals surface area contributed by atoms with Gasteiger partial charge in [-0.25, -0.2) is 0 Å². The second-order valence-corrected chi connectivity index (χ2v) is 8.07. The predicted molar refractivity (Wildman–Crippen MR) is 132 cm³/mol. The van der Waals surface area contributed by atoms with Crippen LogP contribution in [-0.4, -0.2) is 60.5 Å². The topological polar surface area (TPSA) is 128 Å². The van der Waals surface area contributed by atoms with Crippen LogP contribution in [0, 0.1) is 20.2 Å². The van der Waals surface area contributed by atoms with Gasteiger partial charge in [-0.1, -0.05) is 24.3 Å². The minimum Gasteiger partial charge on any atom is -0.497 e. The maximum atomic E-state index is 12.8. The van der Waals surface area contributed by atoms with Crippen molar-refractivity contribution in [2.24, 2.45) is 0 Å². The molecule has 0 aliphatic carbocycles. The van der Waals surface area contributed by atoms with Gasteiger partial charge in [0.2, 0.25) is 0 Å². The van der Waals surface area contributed by atoms with Gasteiger partial charge in [0.05, 0.1) is 17.0 Å². The van der Waals surface area contributed by atoms with E-state index in [1.807, 2.05) is 4.90 Å². The SMILES string of the molecule is COc1ccc(-c2cc([N+](=O)[O-])ccc2OCC(=O)N2CCN(c3ccccc3[N+](=O)[O-])CC2)cc1. The quantitative estimate of drug-likeness (QED) is 0.342. The zero-order chi connectivity index (χ0) is 25.7. The lowest BCUT2D eigenvalue weighted by atomic mass is 10.0. The summed E-state index contributed by atoms with van der Waals surface area (Å²) in [6.45, 7) is 1.43. The molecule has 4 rings (SSSR count). The van der Waals surface area contributed by atoms with E-state index in [4.69, 9.17) is 9.47 Å². The summed E-state index contributed by atoms with van der Waals surface area (Å²) in [5.74, 6) is 0.746. The molecule has 1 heterocycles. The Hall–Kier alpha value is -4.67. The fourth-order valence-electron chi connectivity index (χ4n) is 4.07. The maximum absolute atomic E-state index is 12.8. The van der Waals surface area contributed by atoms with E-state index in [-0.39, 0.29) is 23.9 Å². The van der Waals surface area contributed by atoms with Crippen molar-refractivity contribution in [1.82, 2.24) is 4.90 Å². The molecular formula is C25H24N4O7. The minimum atomic E-state index is -0.488. The number of non-ortho nitro benzene ring substituents is 1. The number of piperazine rings is 1. The van der Waals surface area contributed by atoms with E-state index < -0.39 is 9.85 Å². The van der Waals surface area contributed by atoms with Gasteiger partial charge < -0.3 is 19.3 Å². The number of amides is 1. The van der Waals surface area contributed by atoms with Crippen LogP contribution in [0.4, 0.5) is 17.1 Å². The van der Waals surface area contributed by atoms with Gasteiger partial charge >= 0.3 is 0 Å². The number of carbonyl (C=O) groups is 1. The van der Waals surface area contributed by atoms with Gasteiger partial charge in [0.25, 0.3) is 17.3 Å². The third-order valence-corrected chi connectivity index (χ3v) is 5.98. The van der Waals surface area contributed by atoms with Gasteiger partial charge in [-0.05, 0) is 29.8 Å². The lowest BCUT2D eigenvalue weighted by Crippen LogP contribution is -2.50. The number of nitro benzene ring substituents is 2.